The maximum Gasteiger partial charge on any atom is -0.0313 e. The van der Waals surface area contributed by atoms with Crippen LogP contribution in [0.1, 0.15) is 39.5 Å². The van der Waals surface area contributed by atoms with Crippen LogP contribution in [-0.2, 0) is 0 Å². The van der Waals surface area contributed by atoms with Gasteiger partial charge in [0.1, 0.15) is 0 Å². The Hall–Kier alpha value is -1.04. The summed E-state index contributed by atoms with van der Waals surface area (Å²) >= 11 is 0. The SMILES string of the molecule is CCC=CC=CC=CCCC=CCC. The quantitative estimate of drug-likeness (QED) is 0.307. The summed E-state index contributed by atoms with van der Waals surface area (Å²) in [5.41, 5.74) is 0. The fraction of sp³-hybridized carbons (Fsp3) is 0.429. The molecule has 78 valence electrons. The maximum absolute atomic E-state index is 2.24. The Morgan fingerprint density at radius 1 is 0.571 bits per heavy atom. The molecule has 0 aromatic carbocycles. The Morgan fingerprint density at radius 3 is 1.79 bits per heavy atom. The van der Waals surface area contributed by atoms with Gasteiger partial charge in [0.2, 0.25) is 0 Å². The van der Waals surface area contributed by atoms with E-state index in [1.807, 2.05) is 0 Å². The monoisotopic (exact) mass is 190 g/mol. The largest absolute Gasteiger partial charge is 0.0888 e. The Morgan fingerprint density at radius 2 is 1.14 bits per heavy atom. The molecular weight excluding hydrogens is 168 g/mol. The Kier molecular flexibility index (Phi) is 11.1. The van der Waals surface area contributed by atoms with E-state index in [1.54, 1.807) is 0 Å². The lowest BCUT2D eigenvalue weighted by atomic mass is 10.2. The Bertz CT molecular complexity index is 204. The van der Waals surface area contributed by atoms with Crippen LogP contribution in [0.2, 0.25) is 0 Å². The molecule has 0 saturated heterocycles. The minimum absolute atomic E-state index is 1.11. The van der Waals surface area contributed by atoms with Crippen molar-refractivity contribution in [3.8, 4) is 0 Å². The lowest BCUT2D eigenvalue weighted by Gasteiger charge is -1.84. The molecule has 0 saturated carbocycles. The van der Waals surface area contributed by atoms with E-state index in [-0.39, 0.29) is 0 Å². The van der Waals surface area contributed by atoms with Crippen LogP contribution in [0.5, 0.6) is 0 Å². The van der Waals surface area contributed by atoms with Crippen LogP contribution in [0.25, 0.3) is 0 Å². The second-order valence-corrected chi connectivity index (χ2v) is 3.11. The summed E-state index contributed by atoms with van der Waals surface area (Å²) < 4.78 is 0. The van der Waals surface area contributed by atoms with Gasteiger partial charge in [0.25, 0.3) is 0 Å². The normalized spacial score (nSPS) is 13.0. The molecule has 0 aliphatic heterocycles. The molecule has 0 heteroatoms. The van der Waals surface area contributed by atoms with Crippen LogP contribution in [0.15, 0.2) is 48.6 Å². The van der Waals surface area contributed by atoms with E-state index < -0.39 is 0 Å². The number of hydrogen-bond acceptors (Lipinski definition) is 0. The molecule has 0 aliphatic rings. The fourth-order valence-electron chi connectivity index (χ4n) is 0.995. The highest BCUT2D eigenvalue weighted by atomic mass is 13.8. The average Bonchev–Trinajstić information content (AvgIpc) is 2.21. The molecule has 0 aliphatic carbocycles. The molecule has 0 aromatic heterocycles. The molecule has 0 fully saturated rings. The fourth-order valence-corrected chi connectivity index (χ4v) is 0.995. The van der Waals surface area contributed by atoms with Gasteiger partial charge in [-0.25, -0.2) is 0 Å². The van der Waals surface area contributed by atoms with Crippen molar-refractivity contribution >= 4 is 0 Å². The Labute approximate surface area is 88.7 Å². The van der Waals surface area contributed by atoms with Gasteiger partial charge in [0, 0.05) is 0 Å². The highest BCUT2D eigenvalue weighted by molar-refractivity contribution is 5.10. The van der Waals surface area contributed by atoms with Crippen molar-refractivity contribution in [1.29, 1.82) is 0 Å². The maximum atomic E-state index is 2.24. The summed E-state index contributed by atoms with van der Waals surface area (Å²) in [5, 5.41) is 0. The van der Waals surface area contributed by atoms with Gasteiger partial charge in [-0.15, -0.1) is 0 Å². The smallest absolute Gasteiger partial charge is 0.0313 e. The van der Waals surface area contributed by atoms with Crippen molar-refractivity contribution in [2.75, 3.05) is 0 Å². The molecule has 0 atom stereocenters. The molecule has 0 rings (SSSR count). The number of hydrogen-bond donors (Lipinski definition) is 0. The highest BCUT2D eigenvalue weighted by Crippen LogP contribution is 1.94. The van der Waals surface area contributed by atoms with Gasteiger partial charge in [-0.1, -0.05) is 62.5 Å². The standard InChI is InChI=1S/C14H22/c1-3-5-7-9-11-13-14-12-10-8-6-4-2/h5-9,11,13-14H,3-4,10,12H2,1-2H3. The Balaban J connectivity index is 3.39. The van der Waals surface area contributed by atoms with E-state index in [2.05, 4.69) is 62.5 Å². The van der Waals surface area contributed by atoms with Crippen molar-refractivity contribution in [3.63, 3.8) is 0 Å². The average molecular weight is 190 g/mol. The van der Waals surface area contributed by atoms with Gasteiger partial charge >= 0.3 is 0 Å². The van der Waals surface area contributed by atoms with E-state index in [1.165, 1.54) is 0 Å². The summed E-state index contributed by atoms with van der Waals surface area (Å²) in [7, 11) is 0. The number of unbranched alkanes of at least 4 members (excludes halogenated alkanes) is 1. The van der Waals surface area contributed by atoms with E-state index in [0.717, 1.165) is 25.7 Å². The number of rotatable bonds is 7. The van der Waals surface area contributed by atoms with E-state index in [9.17, 15) is 0 Å². The molecule has 0 bridgehead atoms. The van der Waals surface area contributed by atoms with Crippen LogP contribution in [0.4, 0.5) is 0 Å². The second kappa shape index (κ2) is 12.0. The zero-order valence-corrected chi connectivity index (χ0v) is 9.45. The summed E-state index contributed by atoms with van der Waals surface area (Å²) in [6.45, 7) is 4.30. The summed E-state index contributed by atoms with van der Waals surface area (Å²) in [6, 6.07) is 0. The molecule has 0 nitrogen and oxygen atoms in total. The van der Waals surface area contributed by atoms with Gasteiger partial charge in [-0.05, 0) is 25.7 Å². The molecule has 14 heavy (non-hydrogen) atoms. The van der Waals surface area contributed by atoms with Crippen molar-refractivity contribution < 1.29 is 0 Å². The highest BCUT2D eigenvalue weighted by Gasteiger charge is 1.74. The lowest BCUT2D eigenvalue weighted by Crippen LogP contribution is -1.63. The van der Waals surface area contributed by atoms with Gasteiger partial charge in [0.15, 0.2) is 0 Å². The molecule has 0 spiro atoms. The predicted molar refractivity (Wildman–Crippen MR) is 66.4 cm³/mol. The molecule has 0 N–H and O–H groups in total. The molecule has 0 radical (unpaired) electrons. The van der Waals surface area contributed by atoms with Crippen molar-refractivity contribution in [2.45, 2.75) is 39.5 Å². The predicted octanol–water partition coefficient (Wildman–Crippen LogP) is 4.81. The zero-order valence-electron chi connectivity index (χ0n) is 9.45. The molecule has 0 amide bonds. The first-order chi connectivity index (χ1) is 6.91. The van der Waals surface area contributed by atoms with E-state index in [4.69, 9.17) is 0 Å². The molecular formula is C14H22. The molecule has 0 unspecified atom stereocenters. The summed E-state index contributed by atoms with van der Waals surface area (Å²) in [6.07, 6.45) is 21.7. The summed E-state index contributed by atoms with van der Waals surface area (Å²) in [5.74, 6) is 0. The first-order valence-corrected chi connectivity index (χ1v) is 5.55. The van der Waals surface area contributed by atoms with Crippen LogP contribution in [-0.4, -0.2) is 0 Å². The molecule has 0 heterocycles. The first kappa shape index (κ1) is 13.0. The first-order valence-electron chi connectivity index (χ1n) is 5.55. The van der Waals surface area contributed by atoms with E-state index in [0.29, 0.717) is 0 Å². The van der Waals surface area contributed by atoms with Crippen LogP contribution < -0.4 is 0 Å². The van der Waals surface area contributed by atoms with Gasteiger partial charge in [-0.3, -0.25) is 0 Å². The van der Waals surface area contributed by atoms with Gasteiger partial charge in [0.05, 0.1) is 0 Å². The third-order valence-corrected chi connectivity index (χ3v) is 1.74. The zero-order chi connectivity index (χ0) is 10.5. The van der Waals surface area contributed by atoms with E-state index >= 15 is 0 Å². The van der Waals surface area contributed by atoms with Crippen LogP contribution >= 0.6 is 0 Å². The van der Waals surface area contributed by atoms with Crippen LogP contribution in [0, 0.1) is 0 Å². The molecule has 0 aromatic rings. The van der Waals surface area contributed by atoms with Crippen LogP contribution in [0.3, 0.4) is 0 Å². The second-order valence-electron chi connectivity index (χ2n) is 3.11. The number of allylic oxidation sites excluding steroid dienone is 8. The third-order valence-electron chi connectivity index (χ3n) is 1.74. The van der Waals surface area contributed by atoms with Gasteiger partial charge < -0.3 is 0 Å². The van der Waals surface area contributed by atoms with Crippen molar-refractivity contribution in [1.82, 2.24) is 0 Å². The summed E-state index contributed by atoms with van der Waals surface area (Å²) in [4.78, 5) is 0. The van der Waals surface area contributed by atoms with Crippen molar-refractivity contribution in [3.05, 3.63) is 48.6 Å². The topological polar surface area (TPSA) is 0 Å². The third kappa shape index (κ3) is 11.0. The van der Waals surface area contributed by atoms with Crippen molar-refractivity contribution in [2.24, 2.45) is 0 Å². The minimum Gasteiger partial charge on any atom is -0.0888 e. The minimum atomic E-state index is 1.11. The van der Waals surface area contributed by atoms with Gasteiger partial charge in [-0.2, -0.15) is 0 Å². The lowest BCUT2D eigenvalue weighted by molar-refractivity contribution is 1.04.